The van der Waals surface area contributed by atoms with Crippen LogP contribution in [0.3, 0.4) is 0 Å². The lowest BCUT2D eigenvalue weighted by molar-refractivity contribution is 0.0824. The molecule has 3 aromatic rings. The molecule has 0 saturated heterocycles. The molecule has 0 saturated carbocycles. The molecule has 0 radical (unpaired) electrons. The Labute approximate surface area is 157 Å². The number of carbonyl (C=O) groups is 2. The summed E-state index contributed by atoms with van der Waals surface area (Å²) in [5, 5.41) is 9.50. The molecule has 1 heterocycles. The molecule has 1 aromatic heterocycles. The van der Waals surface area contributed by atoms with Crippen LogP contribution in [0.15, 0.2) is 59.0 Å². The molecule has 144 valence electrons. The minimum absolute atomic E-state index is 0.0817. The first-order valence-electron chi connectivity index (χ1n) is 7.99. The fraction of sp³-hybridized carbons (Fsp3) is 0.0526. The van der Waals surface area contributed by atoms with Gasteiger partial charge in [0.1, 0.15) is 41.1 Å². The highest BCUT2D eigenvalue weighted by Crippen LogP contribution is 2.21. The number of hydrazine groups is 1. The molecule has 0 atom stereocenters. The number of benzene rings is 2. The van der Waals surface area contributed by atoms with Crippen LogP contribution in [0.1, 0.15) is 26.7 Å². The van der Waals surface area contributed by atoms with Gasteiger partial charge in [0, 0.05) is 12.1 Å². The second kappa shape index (κ2) is 8.21. The van der Waals surface area contributed by atoms with Crippen molar-refractivity contribution in [2.75, 3.05) is 0 Å². The summed E-state index contributed by atoms with van der Waals surface area (Å²) in [5.41, 5.74) is 3.11. The number of furan rings is 1. The number of para-hydroxylation sites is 1. The summed E-state index contributed by atoms with van der Waals surface area (Å²) in [5.74, 6) is -4.35. The minimum Gasteiger partial charge on any atom is -0.507 e. The van der Waals surface area contributed by atoms with E-state index in [1.165, 1.54) is 12.1 Å². The lowest BCUT2D eigenvalue weighted by atomic mass is 10.1. The van der Waals surface area contributed by atoms with Gasteiger partial charge in [-0.1, -0.05) is 18.2 Å². The first-order chi connectivity index (χ1) is 13.4. The Hall–Kier alpha value is -3.88. The van der Waals surface area contributed by atoms with Crippen molar-refractivity contribution in [3.63, 3.8) is 0 Å². The van der Waals surface area contributed by atoms with Gasteiger partial charge < -0.3 is 14.3 Å². The molecule has 0 bridgehead atoms. The third-order valence-electron chi connectivity index (χ3n) is 3.56. The van der Waals surface area contributed by atoms with Gasteiger partial charge in [-0.3, -0.25) is 20.4 Å². The number of nitrogens with one attached hydrogen (secondary N) is 2. The zero-order valence-electron chi connectivity index (χ0n) is 14.2. The van der Waals surface area contributed by atoms with E-state index in [2.05, 4.69) is 0 Å². The summed E-state index contributed by atoms with van der Waals surface area (Å²) < 4.78 is 37.4. The first-order valence-corrected chi connectivity index (χ1v) is 7.99. The lowest BCUT2D eigenvalue weighted by Gasteiger charge is -2.08. The number of aromatic hydroxyl groups is 1. The molecule has 0 aliphatic heterocycles. The fourth-order valence-corrected chi connectivity index (χ4v) is 2.27. The van der Waals surface area contributed by atoms with E-state index in [4.69, 9.17) is 9.15 Å². The van der Waals surface area contributed by atoms with Gasteiger partial charge in [-0.05, 0) is 24.3 Å². The van der Waals surface area contributed by atoms with Crippen molar-refractivity contribution in [3.8, 4) is 11.5 Å². The standard InChI is InChI=1S/C19H14F2N2O5/c20-11-8-14(21)17(15(24)9-11)19(26)23-22-18(25)16-7-6-13(28-16)10-27-12-4-2-1-3-5-12/h1-9,24H,10H2,(H,22,25)(H,23,26). The lowest BCUT2D eigenvalue weighted by Crippen LogP contribution is -2.41. The van der Waals surface area contributed by atoms with Crippen LogP contribution in [0.2, 0.25) is 0 Å². The van der Waals surface area contributed by atoms with Crippen LogP contribution in [-0.2, 0) is 6.61 Å². The Kier molecular flexibility index (Phi) is 5.54. The molecule has 2 aromatic carbocycles. The van der Waals surface area contributed by atoms with Crippen LogP contribution in [0.5, 0.6) is 11.5 Å². The third kappa shape index (κ3) is 4.44. The number of halogens is 2. The molecular formula is C19H14F2N2O5. The van der Waals surface area contributed by atoms with Crippen LogP contribution in [0, 0.1) is 11.6 Å². The van der Waals surface area contributed by atoms with Crippen molar-refractivity contribution >= 4 is 11.8 Å². The normalized spacial score (nSPS) is 10.4. The summed E-state index contributed by atoms with van der Waals surface area (Å²) in [6.07, 6.45) is 0. The third-order valence-corrected chi connectivity index (χ3v) is 3.56. The number of hydrogen-bond donors (Lipinski definition) is 3. The zero-order chi connectivity index (χ0) is 20.1. The summed E-state index contributed by atoms with van der Waals surface area (Å²) in [6.45, 7) is 0.0817. The Bertz CT molecular complexity index is 982. The molecule has 0 fully saturated rings. The summed E-state index contributed by atoms with van der Waals surface area (Å²) in [6, 6.07) is 12.9. The van der Waals surface area contributed by atoms with E-state index in [9.17, 15) is 23.5 Å². The predicted molar refractivity (Wildman–Crippen MR) is 92.4 cm³/mol. The molecule has 28 heavy (non-hydrogen) atoms. The van der Waals surface area contributed by atoms with Crippen LogP contribution in [0.25, 0.3) is 0 Å². The van der Waals surface area contributed by atoms with Crippen LogP contribution in [0.4, 0.5) is 8.78 Å². The minimum atomic E-state index is -1.28. The predicted octanol–water partition coefficient (Wildman–Crippen LogP) is 2.92. The Morgan fingerprint density at radius 3 is 2.43 bits per heavy atom. The topological polar surface area (TPSA) is 101 Å². The molecule has 2 amide bonds. The maximum atomic E-state index is 13.6. The van der Waals surface area contributed by atoms with Gasteiger partial charge in [-0.2, -0.15) is 0 Å². The Morgan fingerprint density at radius 1 is 1.00 bits per heavy atom. The average molecular weight is 388 g/mol. The average Bonchev–Trinajstić information content (AvgIpc) is 3.13. The van der Waals surface area contributed by atoms with Gasteiger partial charge in [0.15, 0.2) is 5.76 Å². The summed E-state index contributed by atoms with van der Waals surface area (Å²) in [4.78, 5) is 23.9. The quantitative estimate of drug-likeness (QED) is 0.584. The van der Waals surface area contributed by atoms with Gasteiger partial charge in [-0.15, -0.1) is 0 Å². The van der Waals surface area contributed by atoms with E-state index in [-0.39, 0.29) is 12.4 Å². The van der Waals surface area contributed by atoms with Crippen LogP contribution < -0.4 is 15.6 Å². The zero-order valence-corrected chi connectivity index (χ0v) is 14.2. The number of ether oxygens (including phenoxy) is 1. The Morgan fingerprint density at radius 2 is 1.71 bits per heavy atom. The smallest absolute Gasteiger partial charge is 0.305 e. The van der Waals surface area contributed by atoms with Gasteiger partial charge >= 0.3 is 5.91 Å². The van der Waals surface area contributed by atoms with Crippen molar-refractivity contribution in [2.45, 2.75) is 6.61 Å². The molecule has 0 unspecified atom stereocenters. The van der Waals surface area contributed by atoms with E-state index in [0.29, 0.717) is 23.6 Å². The van der Waals surface area contributed by atoms with Gasteiger partial charge in [0.05, 0.1) is 0 Å². The number of rotatable bonds is 5. The molecule has 9 heteroatoms. The monoisotopic (exact) mass is 388 g/mol. The molecule has 3 N–H and O–H groups in total. The number of amides is 2. The van der Waals surface area contributed by atoms with Crippen molar-refractivity contribution < 1.29 is 32.6 Å². The van der Waals surface area contributed by atoms with Crippen LogP contribution in [-0.4, -0.2) is 16.9 Å². The van der Waals surface area contributed by atoms with Gasteiger partial charge in [0.25, 0.3) is 5.91 Å². The molecule has 0 spiro atoms. The molecule has 0 aliphatic rings. The van der Waals surface area contributed by atoms with Gasteiger partial charge in [0.2, 0.25) is 0 Å². The van der Waals surface area contributed by atoms with E-state index >= 15 is 0 Å². The van der Waals surface area contributed by atoms with Crippen molar-refractivity contribution in [1.82, 2.24) is 10.9 Å². The van der Waals surface area contributed by atoms with E-state index < -0.39 is 34.8 Å². The number of carbonyl (C=O) groups excluding carboxylic acids is 2. The maximum Gasteiger partial charge on any atom is 0.305 e. The first kappa shape index (κ1) is 18.9. The highest BCUT2D eigenvalue weighted by atomic mass is 19.1. The molecule has 3 rings (SSSR count). The summed E-state index contributed by atoms with van der Waals surface area (Å²) in [7, 11) is 0. The fourth-order valence-electron chi connectivity index (χ4n) is 2.27. The molecule has 7 nitrogen and oxygen atoms in total. The summed E-state index contributed by atoms with van der Waals surface area (Å²) >= 11 is 0. The van der Waals surface area contributed by atoms with E-state index in [1.807, 2.05) is 16.9 Å². The van der Waals surface area contributed by atoms with E-state index in [0.717, 1.165) is 0 Å². The van der Waals surface area contributed by atoms with Crippen LogP contribution >= 0.6 is 0 Å². The number of phenolic OH excluding ortho intramolecular Hbond substituents is 1. The molecular weight excluding hydrogens is 374 g/mol. The highest BCUT2D eigenvalue weighted by molar-refractivity contribution is 5.99. The van der Waals surface area contributed by atoms with Crippen molar-refractivity contribution in [3.05, 3.63) is 83.3 Å². The highest BCUT2D eigenvalue weighted by Gasteiger charge is 2.20. The van der Waals surface area contributed by atoms with Crippen molar-refractivity contribution in [2.24, 2.45) is 0 Å². The number of phenols is 1. The van der Waals surface area contributed by atoms with E-state index in [1.54, 1.807) is 24.3 Å². The second-order valence-corrected chi connectivity index (χ2v) is 5.56. The molecule has 0 aliphatic carbocycles. The Balaban J connectivity index is 1.57. The van der Waals surface area contributed by atoms with Crippen molar-refractivity contribution in [1.29, 1.82) is 0 Å². The van der Waals surface area contributed by atoms with Gasteiger partial charge in [-0.25, -0.2) is 8.78 Å². The largest absolute Gasteiger partial charge is 0.507 e. The second-order valence-electron chi connectivity index (χ2n) is 5.56. The maximum absolute atomic E-state index is 13.6. The SMILES string of the molecule is O=C(NNC(=O)c1c(O)cc(F)cc1F)c1ccc(COc2ccccc2)o1. The number of hydrogen-bond acceptors (Lipinski definition) is 5.